The molecule has 2 aliphatic rings. The number of allylic oxidation sites excluding steroid dienone is 2. The van der Waals surface area contributed by atoms with Crippen LogP contribution in [0.25, 0.3) is 0 Å². The molecule has 1 amide bonds. The van der Waals surface area contributed by atoms with Gasteiger partial charge in [0.15, 0.2) is 0 Å². The van der Waals surface area contributed by atoms with E-state index >= 15 is 0 Å². The molecule has 0 unspecified atom stereocenters. The quantitative estimate of drug-likeness (QED) is 0.579. The summed E-state index contributed by atoms with van der Waals surface area (Å²) in [6.07, 6.45) is 5.02. The molecule has 5 nitrogen and oxygen atoms in total. The predicted molar refractivity (Wildman–Crippen MR) is 74.0 cm³/mol. The summed E-state index contributed by atoms with van der Waals surface area (Å²) in [6, 6.07) is 0. The Morgan fingerprint density at radius 1 is 1.15 bits per heavy atom. The lowest BCUT2D eigenvalue weighted by Gasteiger charge is -2.34. The minimum absolute atomic E-state index is 0.0587. The molecular formula is C15H23NO4. The molecule has 1 aliphatic carbocycles. The Morgan fingerprint density at radius 2 is 1.75 bits per heavy atom. The molecule has 2 atom stereocenters. The molecule has 0 aromatic heterocycles. The Kier molecular flexibility index (Phi) is 5.17. The highest BCUT2D eigenvalue weighted by atomic mass is 16.5. The number of amides is 1. The van der Waals surface area contributed by atoms with Crippen LogP contribution >= 0.6 is 0 Å². The minimum Gasteiger partial charge on any atom is -0.463 e. The first-order valence-electron chi connectivity index (χ1n) is 7.31. The van der Waals surface area contributed by atoms with Gasteiger partial charge in [0.1, 0.15) is 0 Å². The highest BCUT2D eigenvalue weighted by molar-refractivity contribution is 5.86. The summed E-state index contributed by atoms with van der Waals surface area (Å²) in [5.74, 6) is -0.832. The summed E-state index contributed by atoms with van der Waals surface area (Å²) in [6.45, 7) is 6.05. The number of nitrogens with zero attached hydrogens (tertiary/aromatic N) is 1. The third-order valence-corrected chi connectivity index (χ3v) is 3.73. The van der Waals surface area contributed by atoms with Crippen LogP contribution in [-0.2, 0) is 19.1 Å². The molecule has 1 heterocycles. The summed E-state index contributed by atoms with van der Waals surface area (Å²) in [4.78, 5) is 26.5. The van der Waals surface area contributed by atoms with Crippen molar-refractivity contribution in [2.75, 3.05) is 26.3 Å². The number of carbonyl (C=O) groups excluding carboxylic acids is 2. The molecule has 0 aromatic carbocycles. The van der Waals surface area contributed by atoms with Gasteiger partial charge in [-0.05, 0) is 26.7 Å². The van der Waals surface area contributed by atoms with Crippen LogP contribution in [0.1, 0.15) is 26.7 Å². The summed E-state index contributed by atoms with van der Waals surface area (Å²) < 4.78 is 10.6. The van der Waals surface area contributed by atoms with Crippen LogP contribution in [-0.4, -0.2) is 49.2 Å². The van der Waals surface area contributed by atoms with E-state index in [2.05, 4.69) is 0 Å². The lowest BCUT2D eigenvalue weighted by molar-refractivity contribution is -0.159. The standard InChI is InChI=1S/C15H23NO4/c1-11(2)20-15(18)13-6-4-3-5-12(13)14(17)16-7-9-19-10-8-16/h3-4,11-13H,5-10H2,1-2H3/t12-,13+/m0/s1. The van der Waals surface area contributed by atoms with Crippen molar-refractivity contribution in [3.63, 3.8) is 0 Å². The number of ether oxygens (including phenoxy) is 2. The second-order valence-electron chi connectivity index (χ2n) is 5.58. The Bertz CT molecular complexity index is 385. The van der Waals surface area contributed by atoms with Crippen LogP contribution in [0.15, 0.2) is 12.2 Å². The van der Waals surface area contributed by atoms with Gasteiger partial charge in [-0.2, -0.15) is 0 Å². The van der Waals surface area contributed by atoms with Crippen LogP contribution in [0.2, 0.25) is 0 Å². The van der Waals surface area contributed by atoms with Gasteiger partial charge < -0.3 is 14.4 Å². The summed E-state index contributed by atoms with van der Waals surface area (Å²) in [5, 5.41) is 0. The maximum Gasteiger partial charge on any atom is 0.310 e. The van der Waals surface area contributed by atoms with Gasteiger partial charge in [0.25, 0.3) is 0 Å². The van der Waals surface area contributed by atoms with Gasteiger partial charge in [-0.1, -0.05) is 12.2 Å². The van der Waals surface area contributed by atoms with Crippen molar-refractivity contribution >= 4 is 11.9 Å². The van der Waals surface area contributed by atoms with Gasteiger partial charge in [-0.15, -0.1) is 0 Å². The largest absolute Gasteiger partial charge is 0.463 e. The predicted octanol–water partition coefficient (Wildman–Crippen LogP) is 1.38. The van der Waals surface area contributed by atoms with Crippen LogP contribution in [0.5, 0.6) is 0 Å². The fourth-order valence-corrected chi connectivity index (χ4v) is 2.69. The summed E-state index contributed by atoms with van der Waals surface area (Å²) in [5.41, 5.74) is 0. The Balaban J connectivity index is 2.04. The van der Waals surface area contributed by atoms with E-state index in [9.17, 15) is 9.59 Å². The van der Waals surface area contributed by atoms with E-state index in [1.165, 1.54) is 0 Å². The van der Waals surface area contributed by atoms with Crippen molar-refractivity contribution < 1.29 is 19.1 Å². The number of carbonyl (C=O) groups is 2. The van der Waals surface area contributed by atoms with Gasteiger partial charge in [-0.3, -0.25) is 9.59 Å². The average Bonchev–Trinajstić information content (AvgIpc) is 2.46. The van der Waals surface area contributed by atoms with Crippen LogP contribution < -0.4 is 0 Å². The van der Waals surface area contributed by atoms with E-state index in [1.54, 1.807) is 0 Å². The number of morpholine rings is 1. The third kappa shape index (κ3) is 3.60. The molecule has 0 N–H and O–H groups in total. The average molecular weight is 281 g/mol. The molecule has 1 fully saturated rings. The van der Waals surface area contributed by atoms with Crippen molar-refractivity contribution in [3.8, 4) is 0 Å². The first-order valence-corrected chi connectivity index (χ1v) is 7.31. The molecule has 0 radical (unpaired) electrons. The topological polar surface area (TPSA) is 55.8 Å². The molecule has 0 spiro atoms. The van der Waals surface area contributed by atoms with Gasteiger partial charge in [-0.25, -0.2) is 0 Å². The molecule has 0 saturated carbocycles. The lowest BCUT2D eigenvalue weighted by atomic mass is 9.82. The first-order chi connectivity index (χ1) is 9.59. The SMILES string of the molecule is CC(C)OC(=O)[C@@H]1CC=CC[C@@H]1C(=O)N1CCOCC1. The van der Waals surface area contributed by atoms with E-state index in [0.717, 1.165) is 0 Å². The maximum atomic E-state index is 12.6. The lowest BCUT2D eigenvalue weighted by Crippen LogP contribution is -2.47. The van der Waals surface area contributed by atoms with Crippen LogP contribution in [0.3, 0.4) is 0 Å². The van der Waals surface area contributed by atoms with E-state index in [-0.39, 0.29) is 29.8 Å². The number of rotatable bonds is 3. The van der Waals surface area contributed by atoms with Crippen molar-refractivity contribution in [3.05, 3.63) is 12.2 Å². The molecular weight excluding hydrogens is 258 g/mol. The monoisotopic (exact) mass is 281 g/mol. The van der Waals surface area contributed by atoms with Crippen molar-refractivity contribution in [1.29, 1.82) is 0 Å². The molecule has 0 aromatic rings. The smallest absolute Gasteiger partial charge is 0.310 e. The second-order valence-corrected chi connectivity index (χ2v) is 5.58. The zero-order valence-corrected chi connectivity index (χ0v) is 12.2. The summed E-state index contributed by atoms with van der Waals surface area (Å²) >= 11 is 0. The van der Waals surface area contributed by atoms with E-state index < -0.39 is 0 Å². The zero-order valence-electron chi connectivity index (χ0n) is 12.2. The second kappa shape index (κ2) is 6.88. The third-order valence-electron chi connectivity index (χ3n) is 3.73. The molecule has 1 aliphatic heterocycles. The molecule has 1 saturated heterocycles. The van der Waals surface area contributed by atoms with Crippen molar-refractivity contribution in [2.24, 2.45) is 11.8 Å². The minimum atomic E-state index is -0.349. The van der Waals surface area contributed by atoms with Gasteiger partial charge >= 0.3 is 5.97 Å². The Labute approximate surface area is 119 Å². The normalized spacial score (nSPS) is 26.6. The first kappa shape index (κ1) is 15.0. The number of hydrogen-bond donors (Lipinski definition) is 0. The van der Waals surface area contributed by atoms with Crippen molar-refractivity contribution in [2.45, 2.75) is 32.8 Å². The number of hydrogen-bond acceptors (Lipinski definition) is 4. The highest BCUT2D eigenvalue weighted by Crippen LogP contribution is 2.29. The number of esters is 1. The Hall–Kier alpha value is -1.36. The highest BCUT2D eigenvalue weighted by Gasteiger charge is 2.37. The molecule has 0 bridgehead atoms. The molecule has 20 heavy (non-hydrogen) atoms. The van der Waals surface area contributed by atoms with Gasteiger partial charge in [0.2, 0.25) is 5.91 Å². The molecule has 112 valence electrons. The molecule has 5 heteroatoms. The van der Waals surface area contributed by atoms with E-state index in [0.29, 0.717) is 39.1 Å². The van der Waals surface area contributed by atoms with E-state index in [1.807, 2.05) is 30.9 Å². The van der Waals surface area contributed by atoms with Crippen LogP contribution in [0, 0.1) is 11.8 Å². The maximum absolute atomic E-state index is 12.6. The zero-order chi connectivity index (χ0) is 14.5. The fraction of sp³-hybridized carbons (Fsp3) is 0.733. The molecule has 2 rings (SSSR count). The van der Waals surface area contributed by atoms with Crippen LogP contribution in [0.4, 0.5) is 0 Å². The fourth-order valence-electron chi connectivity index (χ4n) is 2.69. The van der Waals surface area contributed by atoms with Gasteiger partial charge in [0.05, 0.1) is 31.2 Å². The van der Waals surface area contributed by atoms with E-state index in [4.69, 9.17) is 9.47 Å². The van der Waals surface area contributed by atoms with Crippen molar-refractivity contribution in [1.82, 2.24) is 4.90 Å². The summed E-state index contributed by atoms with van der Waals surface area (Å²) in [7, 11) is 0. The Morgan fingerprint density at radius 3 is 2.35 bits per heavy atom. The van der Waals surface area contributed by atoms with Gasteiger partial charge in [0, 0.05) is 13.1 Å².